The smallest absolute Gasteiger partial charge is 0.243 e. The predicted octanol–water partition coefficient (Wildman–Crippen LogP) is 5.93. The molecule has 1 amide bonds. The van der Waals surface area contributed by atoms with Gasteiger partial charge in [0.25, 0.3) is 0 Å². The monoisotopic (exact) mass is 459 g/mol. The summed E-state index contributed by atoms with van der Waals surface area (Å²) < 4.78 is 21.5. The summed E-state index contributed by atoms with van der Waals surface area (Å²) >= 11 is 12.5. The zero-order valence-electron chi connectivity index (χ0n) is 16.7. The number of amides is 1. The van der Waals surface area contributed by atoms with E-state index in [1.807, 2.05) is 11.5 Å². The standard InChI is InChI=1S/C23H20Cl2FN3O2/c1-2-20(23(30)27-13-15-7-5-9-31-15)29-21-12-17(25)16(24)11-19(21)28-22(29)10-14-6-3-4-8-18(14)26/h3-9,11-12,20H,2,10,13H2,1H3,(H,27,30)/t20-/m0/s1. The average Bonchev–Trinajstić information content (AvgIpc) is 3.38. The van der Waals surface area contributed by atoms with E-state index < -0.39 is 6.04 Å². The van der Waals surface area contributed by atoms with E-state index in [9.17, 15) is 9.18 Å². The highest BCUT2D eigenvalue weighted by atomic mass is 35.5. The number of nitrogens with zero attached hydrogens (tertiary/aromatic N) is 2. The normalized spacial score (nSPS) is 12.3. The third kappa shape index (κ3) is 4.45. The number of nitrogens with one attached hydrogen (secondary N) is 1. The Balaban J connectivity index is 1.76. The lowest BCUT2D eigenvalue weighted by molar-refractivity contribution is -0.124. The Bertz CT molecular complexity index is 1220. The number of imidazole rings is 1. The van der Waals surface area contributed by atoms with Crippen LogP contribution in [0.5, 0.6) is 0 Å². The van der Waals surface area contributed by atoms with E-state index in [1.54, 1.807) is 48.7 Å². The highest BCUT2D eigenvalue weighted by molar-refractivity contribution is 6.42. The van der Waals surface area contributed by atoms with Gasteiger partial charge in [0.05, 0.1) is 33.9 Å². The Kier molecular flexibility index (Phi) is 6.30. The van der Waals surface area contributed by atoms with Crippen LogP contribution >= 0.6 is 23.2 Å². The molecule has 0 radical (unpaired) electrons. The molecular weight excluding hydrogens is 440 g/mol. The molecule has 0 fully saturated rings. The molecule has 2 aromatic carbocycles. The van der Waals surface area contributed by atoms with Crippen molar-refractivity contribution in [3.05, 3.63) is 87.8 Å². The van der Waals surface area contributed by atoms with Crippen molar-refractivity contribution in [1.29, 1.82) is 0 Å². The van der Waals surface area contributed by atoms with Crippen LogP contribution < -0.4 is 5.32 Å². The number of hydrogen-bond acceptors (Lipinski definition) is 3. The maximum absolute atomic E-state index is 14.3. The van der Waals surface area contributed by atoms with Crippen LogP contribution in [-0.4, -0.2) is 15.5 Å². The van der Waals surface area contributed by atoms with Gasteiger partial charge in [-0.25, -0.2) is 9.37 Å². The second-order valence-electron chi connectivity index (χ2n) is 7.14. The molecule has 5 nitrogen and oxygen atoms in total. The Hall–Kier alpha value is -2.83. The van der Waals surface area contributed by atoms with E-state index in [0.717, 1.165) is 0 Å². The first kappa shape index (κ1) is 21.4. The van der Waals surface area contributed by atoms with Crippen LogP contribution in [-0.2, 0) is 17.8 Å². The van der Waals surface area contributed by atoms with E-state index in [-0.39, 0.29) is 24.7 Å². The third-order valence-corrected chi connectivity index (χ3v) is 5.85. The molecule has 4 aromatic rings. The molecular formula is C23H20Cl2FN3O2. The average molecular weight is 460 g/mol. The summed E-state index contributed by atoms with van der Waals surface area (Å²) in [4.78, 5) is 17.8. The number of aromatic nitrogens is 2. The Morgan fingerprint density at radius 2 is 1.97 bits per heavy atom. The molecule has 2 aromatic heterocycles. The van der Waals surface area contributed by atoms with Crippen molar-refractivity contribution < 1.29 is 13.6 Å². The van der Waals surface area contributed by atoms with Crippen molar-refractivity contribution in [2.24, 2.45) is 0 Å². The van der Waals surface area contributed by atoms with Crippen LogP contribution in [0.4, 0.5) is 4.39 Å². The molecule has 0 aliphatic heterocycles. The number of halogens is 3. The Morgan fingerprint density at radius 3 is 2.68 bits per heavy atom. The quantitative estimate of drug-likeness (QED) is 0.372. The minimum atomic E-state index is -0.570. The predicted molar refractivity (Wildman–Crippen MR) is 119 cm³/mol. The van der Waals surface area contributed by atoms with E-state index in [4.69, 9.17) is 27.6 Å². The number of carbonyl (C=O) groups is 1. The first-order valence-electron chi connectivity index (χ1n) is 9.87. The maximum Gasteiger partial charge on any atom is 0.243 e. The summed E-state index contributed by atoms with van der Waals surface area (Å²) in [5.41, 5.74) is 1.75. The van der Waals surface area contributed by atoms with Crippen LogP contribution in [0.2, 0.25) is 10.0 Å². The lowest BCUT2D eigenvalue weighted by atomic mass is 10.1. The van der Waals surface area contributed by atoms with Crippen LogP contribution in [0.15, 0.2) is 59.2 Å². The summed E-state index contributed by atoms with van der Waals surface area (Å²) in [7, 11) is 0. The molecule has 4 rings (SSSR count). The highest BCUT2D eigenvalue weighted by Gasteiger charge is 2.25. The third-order valence-electron chi connectivity index (χ3n) is 5.13. The van der Waals surface area contributed by atoms with E-state index in [0.29, 0.717) is 44.6 Å². The van der Waals surface area contributed by atoms with Gasteiger partial charge in [-0.05, 0) is 42.3 Å². The fourth-order valence-electron chi connectivity index (χ4n) is 3.62. The lowest BCUT2D eigenvalue weighted by Crippen LogP contribution is -2.32. The van der Waals surface area contributed by atoms with Gasteiger partial charge >= 0.3 is 0 Å². The van der Waals surface area contributed by atoms with Crippen LogP contribution in [0, 0.1) is 5.82 Å². The summed E-state index contributed by atoms with van der Waals surface area (Å²) in [6.45, 7) is 2.18. The molecule has 160 valence electrons. The summed E-state index contributed by atoms with van der Waals surface area (Å²) in [5.74, 6) is 0.685. The molecule has 0 aliphatic rings. The maximum atomic E-state index is 14.3. The molecule has 0 spiro atoms. The van der Waals surface area contributed by atoms with Crippen molar-refractivity contribution in [1.82, 2.24) is 14.9 Å². The van der Waals surface area contributed by atoms with E-state index in [2.05, 4.69) is 10.3 Å². The number of hydrogen-bond donors (Lipinski definition) is 1. The zero-order chi connectivity index (χ0) is 22.0. The number of furan rings is 1. The molecule has 1 N–H and O–H groups in total. The Labute approximate surface area is 188 Å². The first-order chi connectivity index (χ1) is 15.0. The van der Waals surface area contributed by atoms with E-state index >= 15 is 0 Å². The molecule has 1 atom stereocenters. The Morgan fingerprint density at radius 1 is 1.19 bits per heavy atom. The second kappa shape index (κ2) is 9.12. The van der Waals surface area contributed by atoms with Gasteiger partial charge in [-0.3, -0.25) is 4.79 Å². The van der Waals surface area contributed by atoms with Crippen molar-refractivity contribution >= 4 is 40.1 Å². The fourth-order valence-corrected chi connectivity index (χ4v) is 3.93. The number of benzene rings is 2. The molecule has 0 bridgehead atoms. The van der Waals surface area contributed by atoms with Gasteiger partial charge in [0.1, 0.15) is 23.4 Å². The number of carbonyl (C=O) groups excluding carboxylic acids is 1. The summed E-state index contributed by atoms with van der Waals surface area (Å²) in [6, 6.07) is 12.9. The molecule has 0 unspecified atom stereocenters. The highest BCUT2D eigenvalue weighted by Crippen LogP contribution is 2.32. The number of fused-ring (bicyclic) bond motifs is 1. The fraction of sp³-hybridized carbons (Fsp3) is 0.217. The van der Waals surface area contributed by atoms with Crippen molar-refractivity contribution in [3.63, 3.8) is 0 Å². The number of rotatable bonds is 7. The van der Waals surface area contributed by atoms with Gasteiger partial charge in [-0.2, -0.15) is 0 Å². The zero-order valence-corrected chi connectivity index (χ0v) is 18.3. The van der Waals surface area contributed by atoms with E-state index in [1.165, 1.54) is 6.07 Å². The SMILES string of the molecule is CC[C@@H](C(=O)NCc1ccco1)n1c(Cc2ccccc2F)nc2cc(Cl)c(Cl)cc21. The topological polar surface area (TPSA) is 60.1 Å². The molecule has 0 saturated heterocycles. The van der Waals surface area contributed by atoms with Crippen molar-refractivity contribution in [2.45, 2.75) is 32.4 Å². The molecule has 2 heterocycles. The minimum Gasteiger partial charge on any atom is -0.467 e. The summed E-state index contributed by atoms with van der Waals surface area (Å²) in [5, 5.41) is 3.63. The molecule has 0 aliphatic carbocycles. The van der Waals surface area contributed by atoms with Crippen LogP contribution in [0.25, 0.3) is 11.0 Å². The van der Waals surface area contributed by atoms with Gasteiger partial charge in [0, 0.05) is 6.42 Å². The van der Waals surface area contributed by atoms with Gasteiger partial charge in [-0.1, -0.05) is 48.3 Å². The lowest BCUT2D eigenvalue weighted by Gasteiger charge is -2.20. The summed E-state index contributed by atoms with van der Waals surface area (Å²) in [6.07, 6.45) is 2.28. The molecule has 0 saturated carbocycles. The molecule has 31 heavy (non-hydrogen) atoms. The van der Waals surface area contributed by atoms with Crippen LogP contribution in [0.3, 0.4) is 0 Å². The second-order valence-corrected chi connectivity index (χ2v) is 7.96. The van der Waals surface area contributed by atoms with Gasteiger partial charge in [0.2, 0.25) is 5.91 Å². The largest absolute Gasteiger partial charge is 0.467 e. The minimum absolute atomic E-state index is 0.195. The first-order valence-corrected chi connectivity index (χ1v) is 10.6. The van der Waals surface area contributed by atoms with Gasteiger partial charge < -0.3 is 14.3 Å². The molecule has 8 heteroatoms. The van der Waals surface area contributed by atoms with Crippen molar-refractivity contribution in [3.8, 4) is 0 Å². The van der Waals surface area contributed by atoms with Crippen molar-refractivity contribution in [2.75, 3.05) is 0 Å². The van der Waals surface area contributed by atoms with Crippen LogP contribution in [0.1, 0.15) is 36.5 Å². The van der Waals surface area contributed by atoms with Gasteiger partial charge in [0.15, 0.2) is 0 Å². The van der Waals surface area contributed by atoms with Gasteiger partial charge in [-0.15, -0.1) is 0 Å².